The molecular formula is C14H19ClN4O. The monoisotopic (exact) mass is 294 g/mol. The summed E-state index contributed by atoms with van der Waals surface area (Å²) < 4.78 is 0. The van der Waals surface area contributed by atoms with Crippen LogP contribution in [-0.2, 0) is 0 Å². The minimum Gasteiger partial charge on any atom is -0.337 e. The molecule has 1 saturated heterocycles. The molecule has 20 heavy (non-hydrogen) atoms. The zero-order valence-electron chi connectivity index (χ0n) is 11.4. The minimum atomic E-state index is 0. The number of aromatic nitrogens is 2. The van der Waals surface area contributed by atoms with Gasteiger partial charge in [-0.1, -0.05) is 18.2 Å². The molecule has 1 unspecified atom stereocenters. The number of para-hydroxylation sites is 1. The van der Waals surface area contributed by atoms with Gasteiger partial charge in [0.2, 0.25) is 0 Å². The fraction of sp³-hybridized carbons (Fsp3) is 0.429. The standard InChI is InChI=1S/C14H18N4O.ClH/c1-15-8-10-6-7-18(9-10)14(19)13-11-4-2-3-5-12(11)16-17-13;/h2-5,10,15H,6-9H2,1H3,(H,16,17);1H. The Balaban J connectivity index is 0.00000147. The zero-order valence-corrected chi connectivity index (χ0v) is 12.2. The Hall–Kier alpha value is -1.59. The Kier molecular flexibility index (Phi) is 4.62. The topological polar surface area (TPSA) is 61.0 Å². The average Bonchev–Trinajstić information content (AvgIpc) is 3.05. The van der Waals surface area contributed by atoms with Gasteiger partial charge in [0.05, 0.1) is 5.52 Å². The maximum atomic E-state index is 12.5. The van der Waals surface area contributed by atoms with E-state index in [0.717, 1.165) is 37.0 Å². The Labute approximate surface area is 124 Å². The van der Waals surface area contributed by atoms with E-state index in [1.165, 1.54) is 0 Å². The molecule has 0 aliphatic carbocycles. The lowest BCUT2D eigenvalue weighted by molar-refractivity contribution is 0.0783. The van der Waals surface area contributed by atoms with Crippen molar-refractivity contribution in [1.82, 2.24) is 20.4 Å². The van der Waals surface area contributed by atoms with Crippen molar-refractivity contribution >= 4 is 29.2 Å². The molecule has 1 aliphatic rings. The van der Waals surface area contributed by atoms with E-state index in [1.54, 1.807) is 0 Å². The van der Waals surface area contributed by atoms with E-state index in [9.17, 15) is 4.79 Å². The molecule has 1 aliphatic heterocycles. The molecule has 2 N–H and O–H groups in total. The van der Waals surface area contributed by atoms with E-state index in [2.05, 4.69) is 15.5 Å². The lowest BCUT2D eigenvalue weighted by Gasteiger charge is -2.15. The first-order valence-corrected chi connectivity index (χ1v) is 6.66. The molecule has 1 aromatic heterocycles. The van der Waals surface area contributed by atoms with Crippen molar-refractivity contribution in [2.45, 2.75) is 6.42 Å². The van der Waals surface area contributed by atoms with E-state index in [0.29, 0.717) is 11.6 Å². The van der Waals surface area contributed by atoms with Crippen LogP contribution in [0, 0.1) is 5.92 Å². The summed E-state index contributed by atoms with van der Waals surface area (Å²) in [4.78, 5) is 14.4. The first kappa shape index (κ1) is 14.8. The molecular weight excluding hydrogens is 276 g/mol. The number of hydrogen-bond donors (Lipinski definition) is 2. The van der Waals surface area contributed by atoms with E-state index in [1.807, 2.05) is 36.2 Å². The molecule has 1 fully saturated rings. The van der Waals surface area contributed by atoms with Crippen LogP contribution in [-0.4, -0.2) is 47.7 Å². The van der Waals surface area contributed by atoms with Crippen LogP contribution in [0.15, 0.2) is 24.3 Å². The molecule has 1 amide bonds. The Morgan fingerprint density at radius 2 is 2.30 bits per heavy atom. The second-order valence-corrected chi connectivity index (χ2v) is 5.08. The molecule has 1 atom stereocenters. The van der Waals surface area contributed by atoms with Crippen molar-refractivity contribution in [3.8, 4) is 0 Å². The number of carbonyl (C=O) groups excluding carboxylic acids is 1. The second kappa shape index (κ2) is 6.24. The lowest BCUT2D eigenvalue weighted by Crippen LogP contribution is -2.30. The van der Waals surface area contributed by atoms with Gasteiger partial charge in [0.25, 0.3) is 5.91 Å². The number of rotatable bonds is 3. The minimum absolute atomic E-state index is 0. The smallest absolute Gasteiger partial charge is 0.275 e. The highest BCUT2D eigenvalue weighted by molar-refractivity contribution is 6.04. The molecule has 3 rings (SSSR count). The molecule has 6 heteroatoms. The highest BCUT2D eigenvalue weighted by Gasteiger charge is 2.28. The summed E-state index contributed by atoms with van der Waals surface area (Å²) in [6.45, 7) is 2.61. The molecule has 0 radical (unpaired) electrons. The SMILES string of the molecule is CNCC1CCN(C(=O)c2n[nH]c3ccccc23)C1.Cl. The van der Waals surface area contributed by atoms with Crippen molar-refractivity contribution in [3.63, 3.8) is 0 Å². The van der Waals surface area contributed by atoms with Gasteiger partial charge in [-0.3, -0.25) is 9.89 Å². The summed E-state index contributed by atoms with van der Waals surface area (Å²) in [7, 11) is 1.95. The predicted molar refractivity (Wildman–Crippen MR) is 81.3 cm³/mol. The molecule has 0 spiro atoms. The van der Waals surface area contributed by atoms with Crippen LogP contribution in [0.2, 0.25) is 0 Å². The number of benzene rings is 1. The number of nitrogens with zero attached hydrogens (tertiary/aromatic N) is 2. The number of nitrogens with one attached hydrogen (secondary N) is 2. The number of carbonyl (C=O) groups is 1. The summed E-state index contributed by atoms with van der Waals surface area (Å²) >= 11 is 0. The van der Waals surface area contributed by atoms with Crippen LogP contribution < -0.4 is 5.32 Å². The number of aromatic amines is 1. The van der Waals surface area contributed by atoms with Crippen molar-refractivity contribution in [2.24, 2.45) is 5.92 Å². The largest absolute Gasteiger partial charge is 0.337 e. The number of hydrogen-bond acceptors (Lipinski definition) is 3. The average molecular weight is 295 g/mol. The molecule has 1 aromatic carbocycles. The zero-order chi connectivity index (χ0) is 13.2. The lowest BCUT2D eigenvalue weighted by atomic mass is 10.1. The van der Waals surface area contributed by atoms with Crippen molar-refractivity contribution in [1.29, 1.82) is 0 Å². The van der Waals surface area contributed by atoms with Gasteiger partial charge in [-0.05, 0) is 32.0 Å². The number of likely N-dealkylation sites (tertiary alicyclic amines) is 1. The summed E-state index contributed by atoms with van der Waals surface area (Å²) in [6, 6.07) is 7.75. The Morgan fingerprint density at radius 3 is 3.10 bits per heavy atom. The summed E-state index contributed by atoms with van der Waals surface area (Å²) in [5, 5.41) is 11.2. The summed E-state index contributed by atoms with van der Waals surface area (Å²) in [6.07, 6.45) is 1.06. The van der Waals surface area contributed by atoms with Crippen molar-refractivity contribution < 1.29 is 4.79 Å². The first-order chi connectivity index (χ1) is 9.29. The number of fused-ring (bicyclic) bond motifs is 1. The molecule has 0 bridgehead atoms. The first-order valence-electron chi connectivity index (χ1n) is 6.66. The number of H-pyrrole nitrogens is 1. The third kappa shape index (κ3) is 2.64. The van der Waals surface area contributed by atoms with E-state index >= 15 is 0 Å². The van der Waals surface area contributed by atoms with Gasteiger partial charge >= 0.3 is 0 Å². The van der Waals surface area contributed by atoms with E-state index in [-0.39, 0.29) is 18.3 Å². The van der Waals surface area contributed by atoms with Crippen LogP contribution in [0.25, 0.3) is 10.9 Å². The fourth-order valence-electron chi connectivity index (χ4n) is 2.75. The van der Waals surface area contributed by atoms with Crippen LogP contribution in [0.3, 0.4) is 0 Å². The molecule has 108 valence electrons. The van der Waals surface area contributed by atoms with Crippen LogP contribution in [0.4, 0.5) is 0 Å². The number of halogens is 1. The molecule has 0 saturated carbocycles. The Bertz CT molecular complexity index is 598. The van der Waals surface area contributed by atoms with E-state index in [4.69, 9.17) is 0 Å². The van der Waals surface area contributed by atoms with Gasteiger partial charge in [-0.2, -0.15) is 5.10 Å². The van der Waals surface area contributed by atoms with Crippen LogP contribution >= 0.6 is 12.4 Å². The van der Waals surface area contributed by atoms with Crippen molar-refractivity contribution in [3.05, 3.63) is 30.0 Å². The summed E-state index contributed by atoms with van der Waals surface area (Å²) in [5.74, 6) is 0.593. The normalized spacial score (nSPS) is 18.2. The van der Waals surface area contributed by atoms with Gasteiger partial charge in [-0.15, -0.1) is 12.4 Å². The van der Waals surface area contributed by atoms with Gasteiger partial charge < -0.3 is 10.2 Å². The number of amides is 1. The molecule has 2 aromatic rings. The van der Waals surface area contributed by atoms with Crippen LogP contribution in [0.5, 0.6) is 0 Å². The van der Waals surface area contributed by atoms with Gasteiger partial charge in [0, 0.05) is 18.5 Å². The third-order valence-electron chi connectivity index (χ3n) is 3.74. The summed E-state index contributed by atoms with van der Waals surface area (Å²) in [5.41, 5.74) is 1.46. The van der Waals surface area contributed by atoms with Crippen molar-refractivity contribution in [2.75, 3.05) is 26.7 Å². The highest BCUT2D eigenvalue weighted by atomic mass is 35.5. The predicted octanol–water partition coefficient (Wildman–Crippen LogP) is 1.67. The van der Waals surface area contributed by atoms with Gasteiger partial charge in [0.15, 0.2) is 5.69 Å². The second-order valence-electron chi connectivity index (χ2n) is 5.08. The quantitative estimate of drug-likeness (QED) is 0.905. The molecule has 2 heterocycles. The third-order valence-corrected chi connectivity index (χ3v) is 3.74. The Morgan fingerprint density at radius 1 is 1.50 bits per heavy atom. The maximum Gasteiger partial charge on any atom is 0.275 e. The highest BCUT2D eigenvalue weighted by Crippen LogP contribution is 2.21. The van der Waals surface area contributed by atoms with Gasteiger partial charge in [-0.25, -0.2) is 0 Å². The van der Waals surface area contributed by atoms with E-state index < -0.39 is 0 Å². The maximum absolute atomic E-state index is 12.5. The van der Waals surface area contributed by atoms with Gasteiger partial charge in [0.1, 0.15) is 0 Å². The van der Waals surface area contributed by atoms with Crippen LogP contribution in [0.1, 0.15) is 16.9 Å². The molecule has 5 nitrogen and oxygen atoms in total. The fourth-order valence-corrected chi connectivity index (χ4v) is 2.75.